The highest BCUT2D eigenvalue weighted by Gasteiger charge is 2.42. The van der Waals surface area contributed by atoms with Gasteiger partial charge in [-0.25, -0.2) is 0 Å². The number of non-ortho nitro benzene ring substituents is 1. The van der Waals surface area contributed by atoms with Crippen LogP contribution >= 0.6 is 15.9 Å². The number of piperazine rings is 1. The number of H-pyrrole nitrogens is 1. The SMILES string of the molecule is CN1C(=O)[C@H](Cc2c[nH]c3cccc([N+](=O)[O-])c23)N(C)C(=O)[C@@H]1Cc1ccc(Br)cc1. The highest BCUT2D eigenvalue weighted by molar-refractivity contribution is 9.10. The van der Waals surface area contributed by atoms with Gasteiger partial charge in [-0.15, -0.1) is 0 Å². The van der Waals surface area contributed by atoms with Crippen molar-refractivity contribution >= 4 is 44.3 Å². The first-order valence-corrected chi connectivity index (χ1v) is 10.6. The predicted octanol–water partition coefficient (Wildman–Crippen LogP) is 3.29. The van der Waals surface area contributed by atoms with Gasteiger partial charge in [-0.3, -0.25) is 19.7 Å². The van der Waals surface area contributed by atoms with E-state index in [0.29, 0.717) is 22.9 Å². The molecular weight excluding hydrogens is 464 g/mol. The third-order valence-electron chi connectivity index (χ3n) is 5.92. The van der Waals surface area contributed by atoms with Crippen molar-refractivity contribution in [3.63, 3.8) is 0 Å². The van der Waals surface area contributed by atoms with Gasteiger partial charge in [0, 0.05) is 43.7 Å². The van der Waals surface area contributed by atoms with Gasteiger partial charge in [0.1, 0.15) is 12.1 Å². The number of hydrogen-bond donors (Lipinski definition) is 1. The average molecular weight is 485 g/mol. The van der Waals surface area contributed by atoms with Crippen molar-refractivity contribution in [1.82, 2.24) is 14.8 Å². The van der Waals surface area contributed by atoms with Crippen LogP contribution in [-0.4, -0.2) is 57.7 Å². The Morgan fingerprint density at radius 3 is 2.23 bits per heavy atom. The normalized spacial score (nSPS) is 19.3. The third kappa shape index (κ3) is 3.81. The Kier molecular flexibility index (Phi) is 5.53. The molecule has 1 aromatic heterocycles. The van der Waals surface area contributed by atoms with Gasteiger partial charge in [0.2, 0.25) is 11.8 Å². The third-order valence-corrected chi connectivity index (χ3v) is 6.45. The number of halogens is 1. The summed E-state index contributed by atoms with van der Waals surface area (Å²) < 4.78 is 0.945. The van der Waals surface area contributed by atoms with Crippen molar-refractivity contribution in [2.45, 2.75) is 24.9 Å². The topological polar surface area (TPSA) is 99.5 Å². The van der Waals surface area contributed by atoms with Crippen molar-refractivity contribution in [3.05, 3.63) is 74.4 Å². The monoisotopic (exact) mass is 484 g/mol. The van der Waals surface area contributed by atoms with Crippen molar-refractivity contribution in [2.75, 3.05) is 14.1 Å². The summed E-state index contributed by atoms with van der Waals surface area (Å²) in [5.41, 5.74) is 2.20. The number of hydrogen-bond acceptors (Lipinski definition) is 4. The van der Waals surface area contributed by atoms with Crippen molar-refractivity contribution in [1.29, 1.82) is 0 Å². The van der Waals surface area contributed by atoms with Crippen molar-refractivity contribution < 1.29 is 14.5 Å². The molecule has 4 rings (SSSR count). The fourth-order valence-corrected chi connectivity index (χ4v) is 4.42. The largest absolute Gasteiger partial charge is 0.361 e. The second kappa shape index (κ2) is 8.14. The number of rotatable bonds is 5. The molecule has 0 saturated carbocycles. The summed E-state index contributed by atoms with van der Waals surface area (Å²) in [6, 6.07) is 11.1. The van der Waals surface area contributed by atoms with Crippen LogP contribution < -0.4 is 0 Å². The fraction of sp³-hybridized carbons (Fsp3) is 0.273. The lowest BCUT2D eigenvalue weighted by atomic mass is 9.95. The maximum absolute atomic E-state index is 13.2. The molecule has 1 saturated heterocycles. The highest BCUT2D eigenvalue weighted by atomic mass is 79.9. The Balaban J connectivity index is 1.61. The van der Waals surface area contributed by atoms with E-state index < -0.39 is 17.0 Å². The van der Waals surface area contributed by atoms with E-state index in [2.05, 4.69) is 20.9 Å². The number of nitrogens with zero attached hydrogens (tertiary/aromatic N) is 3. The quantitative estimate of drug-likeness (QED) is 0.443. The summed E-state index contributed by atoms with van der Waals surface area (Å²) in [5, 5.41) is 11.9. The molecule has 2 heterocycles. The van der Waals surface area contributed by atoms with E-state index in [1.165, 1.54) is 15.9 Å². The smallest absolute Gasteiger partial charge is 0.279 e. The summed E-state index contributed by atoms with van der Waals surface area (Å²) in [6.45, 7) is 0. The van der Waals surface area contributed by atoms with Gasteiger partial charge in [0.25, 0.3) is 5.69 Å². The van der Waals surface area contributed by atoms with Crippen molar-refractivity contribution in [2.24, 2.45) is 0 Å². The molecule has 9 heteroatoms. The van der Waals surface area contributed by atoms with Gasteiger partial charge in [-0.2, -0.15) is 0 Å². The number of likely N-dealkylation sites (N-methyl/N-ethyl adjacent to an activating group) is 2. The molecular formula is C22H21BrN4O4. The Hall–Kier alpha value is -3.20. The summed E-state index contributed by atoms with van der Waals surface area (Å²) in [5.74, 6) is -0.332. The summed E-state index contributed by atoms with van der Waals surface area (Å²) in [6.07, 6.45) is 2.29. The number of nitrogens with one attached hydrogen (secondary N) is 1. The van der Waals surface area contributed by atoms with E-state index in [1.54, 1.807) is 32.4 Å². The lowest BCUT2D eigenvalue weighted by Gasteiger charge is -2.42. The minimum atomic E-state index is -0.725. The fourth-order valence-electron chi connectivity index (χ4n) is 4.16. The van der Waals surface area contributed by atoms with E-state index in [-0.39, 0.29) is 23.9 Å². The van der Waals surface area contributed by atoms with Crippen LogP contribution in [0.2, 0.25) is 0 Å². The number of carbonyl (C=O) groups is 2. The van der Waals surface area contributed by atoms with Gasteiger partial charge < -0.3 is 14.8 Å². The zero-order valence-electron chi connectivity index (χ0n) is 17.0. The molecule has 1 N–H and O–H groups in total. The van der Waals surface area contributed by atoms with Crippen LogP contribution in [0.3, 0.4) is 0 Å². The van der Waals surface area contributed by atoms with Crippen LogP contribution in [0.25, 0.3) is 10.9 Å². The van der Waals surface area contributed by atoms with Crippen LogP contribution in [0.5, 0.6) is 0 Å². The van der Waals surface area contributed by atoms with E-state index >= 15 is 0 Å². The first kappa shape index (κ1) is 21.0. The first-order chi connectivity index (χ1) is 14.8. The molecule has 2 aromatic carbocycles. The Morgan fingerprint density at radius 1 is 1.00 bits per heavy atom. The average Bonchev–Trinajstić information content (AvgIpc) is 3.17. The van der Waals surface area contributed by atoms with Crippen LogP contribution in [-0.2, 0) is 22.4 Å². The van der Waals surface area contributed by atoms with Crippen LogP contribution in [0, 0.1) is 10.1 Å². The molecule has 1 aliphatic rings. The Bertz CT molecular complexity index is 1170. The first-order valence-electron chi connectivity index (χ1n) is 9.79. The lowest BCUT2D eigenvalue weighted by Crippen LogP contribution is -2.63. The number of carbonyl (C=O) groups excluding carboxylic acids is 2. The number of benzene rings is 2. The summed E-state index contributed by atoms with van der Waals surface area (Å²) in [7, 11) is 3.26. The van der Waals surface area contributed by atoms with Gasteiger partial charge in [0.05, 0.1) is 15.8 Å². The van der Waals surface area contributed by atoms with Crippen LogP contribution in [0.1, 0.15) is 11.1 Å². The van der Waals surface area contributed by atoms with Gasteiger partial charge in [-0.05, 0) is 29.3 Å². The molecule has 1 fully saturated rings. The molecule has 3 aromatic rings. The minimum absolute atomic E-state index is 0.0209. The zero-order chi connectivity index (χ0) is 22.3. The maximum Gasteiger partial charge on any atom is 0.279 e. The molecule has 1 aliphatic heterocycles. The number of nitro benzene ring substituents is 1. The van der Waals surface area contributed by atoms with Gasteiger partial charge >= 0.3 is 0 Å². The molecule has 0 aliphatic carbocycles. The molecule has 0 spiro atoms. The van der Waals surface area contributed by atoms with Crippen LogP contribution in [0.4, 0.5) is 5.69 Å². The highest BCUT2D eigenvalue weighted by Crippen LogP contribution is 2.31. The molecule has 8 nitrogen and oxygen atoms in total. The number of amides is 2. The molecule has 0 unspecified atom stereocenters. The van der Waals surface area contributed by atoms with Gasteiger partial charge in [-0.1, -0.05) is 34.1 Å². The number of fused-ring (bicyclic) bond motifs is 1. The number of aromatic nitrogens is 1. The van der Waals surface area contributed by atoms with Gasteiger partial charge in [0.15, 0.2) is 0 Å². The van der Waals surface area contributed by atoms with E-state index in [1.807, 2.05) is 24.3 Å². The number of aromatic amines is 1. The minimum Gasteiger partial charge on any atom is -0.361 e. The summed E-state index contributed by atoms with van der Waals surface area (Å²) >= 11 is 3.40. The predicted molar refractivity (Wildman–Crippen MR) is 120 cm³/mol. The lowest BCUT2D eigenvalue weighted by molar-refractivity contribution is -0.383. The van der Waals surface area contributed by atoms with E-state index in [9.17, 15) is 19.7 Å². The Labute approximate surface area is 187 Å². The summed E-state index contributed by atoms with van der Waals surface area (Å²) in [4.78, 5) is 43.4. The van der Waals surface area contributed by atoms with E-state index in [4.69, 9.17) is 0 Å². The molecule has 2 atom stereocenters. The standard InChI is InChI=1S/C22H21BrN4O4/c1-25-18(10-13-6-8-15(23)9-7-13)21(28)26(2)19(22(25)29)11-14-12-24-16-4-3-5-17(20(14)16)27(30)31/h3-9,12,18-19,24H,10-11H2,1-2H3/t18-,19-/m0/s1. The molecule has 0 radical (unpaired) electrons. The second-order valence-corrected chi connectivity index (χ2v) is 8.65. The zero-order valence-corrected chi connectivity index (χ0v) is 18.6. The number of nitro groups is 1. The van der Waals surface area contributed by atoms with Crippen molar-refractivity contribution in [3.8, 4) is 0 Å². The van der Waals surface area contributed by atoms with E-state index in [0.717, 1.165) is 10.0 Å². The Morgan fingerprint density at radius 2 is 1.61 bits per heavy atom. The molecule has 2 amide bonds. The molecule has 160 valence electrons. The molecule has 0 bridgehead atoms. The maximum atomic E-state index is 13.2. The second-order valence-electron chi connectivity index (χ2n) is 7.74. The van der Waals surface area contributed by atoms with Crippen LogP contribution in [0.15, 0.2) is 53.1 Å². The molecule has 31 heavy (non-hydrogen) atoms.